The number of carbonyl (C=O) groups excluding carboxylic acids is 3. The lowest BCUT2D eigenvalue weighted by Crippen LogP contribution is -2.43. The molecule has 3 aliphatic rings. The van der Waals surface area contributed by atoms with Crippen LogP contribution in [-0.4, -0.2) is 58.7 Å². The molecular weight excluding hydrogens is 615 g/mol. The number of alkyl halides is 3. The minimum absolute atomic E-state index is 0.151. The van der Waals surface area contributed by atoms with Crippen LogP contribution >= 0.6 is 23.1 Å². The number of hydrogen-bond acceptors (Lipinski definition) is 7. The summed E-state index contributed by atoms with van der Waals surface area (Å²) in [6.45, 7) is 7.57. The lowest BCUT2D eigenvalue weighted by molar-refractivity contribution is -0.138. The Morgan fingerprint density at radius 1 is 0.955 bits per heavy atom. The molecule has 0 aliphatic carbocycles. The number of thioether (sulfide) groups is 1. The van der Waals surface area contributed by atoms with Gasteiger partial charge >= 0.3 is 11.0 Å². The van der Waals surface area contributed by atoms with E-state index in [9.17, 15) is 32.3 Å². The largest absolute Gasteiger partial charge is 0.416 e. The van der Waals surface area contributed by atoms with Gasteiger partial charge in [-0.25, -0.2) is 4.90 Å². The number of aromatic nitrogens is 1. The second-order valence-corrected chi connectivity index (χ2v) is 14.2. The smallest absolute Gasteiger partial charge is 0.378 e. The molecule has 6 rings (SSSR count). The average molecular weight is 646 g/mol. The number of morpholine rings is 1. The van der Waals surface area contributed by atoms with Gasteiger partial charge in [0.25, 0.3) is 0 Å². The van der Waals surface area contributed by atoms with Gasteiger partial charge in [-0.3, -0.25) is 23.7 Å². The molecule has 3 aliphatic heterocycles. The van der Waals surface area contributed by atoms with Crippen LogP contribution in [0, 0.1) is 5.92 Å². The monoisotopic (exact) mass is 645 g/mol. The summed E-state index contributed by atoms with van der Waals surface area (Å²) in [5.41, 5.74) is 0.470. The third-order valence-corrected chi connectivity index (χ3v) is 10.9. The van der Waals surface area contributed by atoms with E-state index in [1.54, 1.807) is 4.90 Å². The Bertz CT molecular complexity index is 1690. The zero-order chi connectivity index (χ0) is 31.6. The van der Waals surface area contributed by atoms with E-state index >= 15 is 0 Å². The number of anilines is 1. The van der Waals surface area contributed by atoms with Crippen LogP contribution in [0.1, 0.15) is 48.3 Å². The Morgan fingerprint density at radius 3 is 2.27 bits per heavy atom. The predicted molar refractivity (Wildman–Crippen MR) is 160 cm³/mol. The molecule has 0 radical (unpaired) electrons. The summed E-state index contributed by atoms with van der Waals surface area (Å²) in [6.07, 6.45) is -4.66. The summed E-state index contributed by atoms with van der Waals surface area (Å²) in [6, 6.07) is 11.8. The molecule has 0 saturated carbocycles. The van der Waals surface area contributed by atoms with E-state index in [-0.39, 0.29) is 28.4 Å². The highest BCUT2D eigenvalue weighted by Gasteiger charge is 2.57. The van der Waals surface area contributed by atoms with Crippen LogP contribution in [0.25, 0.3) is 0 Å². The fourth-order valence-electron chi connectivity index (χ4n) is 5.93. The number of carbonyl (C=O) groups is 3. The van der Waals surface area contributed by atoms with Gasteiger partial charge in [0.05, 0.1) is 35.4 Å². The number of halogens is 3. The molecule has 0 bridgehead atoms. The van der Waals surface area contributed by atoms with Crippen molar-refractivity contribution in [3.05, 3.63) is 79.8 Å². The molecule has 4 heterocycles. The first-order valence-corrected chi connectivity index (χ1v) is 15.9. The summed E-state index contributed by atoms with van der Waals surface area (Å²) in [5.74, 6) is -3.22. The van der Waals surface area contributed by atoms with E-state index in [1.807, 2.05) is 24.3 Å². The number of rotatable bonds is 4. The molecule has 0 unspecified atom stereocenters. The van der Waals surface area contributed by atoms with E-state index in [1.165, 1.54) is 16.7 Å². The molecule has 8 nitrogen and oxygen atoms in total. The summed E-state index contributed by atoms with van der Waals surface area (Å²) in [7, 11) is 0. The van der Waals surface area contributed by atoms with Gasteiger partial charge in [-0.05, 0) is 34.7 Å². The van der Waals surface area contributed by atoms with Crippen molar-refractivity contribution >= 4 is 46.5 Å². The summed E-state index contributed by atoms with van der Waals surface area (Å²) >= 11 is 1.97. The van der Waals surface area contributed by atoms with Gasteiger partial charge in [0.1, 0.15) is 11.8 Å². The first-order valence-electron chi connectivity index (χ1n) is 14.2. The van der Waals surface area contributed by atoms with E-state index in [4.69, 9.17) is 4.74 Å². The van der Waals surface area contributed by atoms with Gasteiger partial charge in [-0.2, -0.15) is 13.2 Å². The topological polar surface area (TPSA) is 88.9 Å². The summed E-state index contributed by atoms with van der Waals surface area (Å²) in [5, 5.41) is -0.574. The molecule has 0 N–H and O–H groups in total. The molecule has 3 atom stereocenters. The van der Waals surface area contributed by atoms with Crippen molar-refractivity contribution in [1.82, 2.24) is 9.47 Å². The van der Waals surface area contributed by atoms with Crippen LogP contribution in [0.3, 0.4) is 0 Å². The third kappa shape index (κ3) is 5.39. The molecule has 2 fully saturated rings. The molecule has 3 amide bonds. The number of ether oxygens (including phenoxy) is 1. The van der Waals surface area contributed by atoms with Crippen molar-refractivity contribution in [2.24, 2.45) is 5.92 Å². The summed E-state index contributed by atoms with van der Waals surface area (Å²) in [4.78, 5) is 57.1. The zero-order valence-corrected chi connectivity index (χ0v) is 25.9. The van der Waals surface area contributed by atoms with Crippen LogP contribution in [0.5, 0.6) is 0 Å². The standard InChI is InChI=1S/C31H30F3N3O5S2/c1-30(2,3)18-9-7-17(8-10-18)22-23-24(27(40)37(26(23)39)20-6-4-5-19(15-20)31(32,33)34)43-28-25(22)44-29(41)36(28)16-21(38)35-11-13-42-14-12-35/h4-10,15,22-24H,11-14,16H2,1-3H3/t22-,23+,24-/m0/s1. The maximum atomic E-state index is 14.1. The van der Waals surface area contributed by atoms with E-state index in [2.05, 4.69) is 20.8 Å². The Labute approximate surface area is 259 Å². The first kappa shape index (κ1) is 30.6. The molecule has 44 heavy (non-hydrogen) atoms. The quantitative estimate of drug-likeness (QED) is 0.376. The number of benzene rings is 2. The van der Waals surface area contributed by atoms with Gasteiger partial charge < -0.3 is 9.64 Å². The van der Waals surface area contributed by atoms with Crippen LogP contribution in [0.15, 0.2) is 58.4 Å². The van der Waals surface area contributed by atoms with Crippen molar-refractivity contribution in [2.45, 2.75) is 55.1 Å². The van der Waals surface area contributed by atoms with Crippen molar-refractivity contribution in [1.29, 1.82) is 0 Å². The summed E-state index contributed by atoms with van der Waals surface area (Å²) < 4.78 is 47.3. The minimum atomic E-state index is -4.66. The van der Waals surface area contributed by atoms with Crippen LogP contribution in [0.4, 0.5) is 18.9 Å². The van der Waals surface area contributed by atoms with E-state index in [0.29, 0.717) is 41.8 Å². The first-order chi connectivity index (χ1) is 20.8. The van der Waals surface area contributed by atoms with E-state index in [0.717, 1.165) is 45.7 Å². The second kappa shape index (κ2) is 11.2. The molecule has 0 spiro atoms. The van der Waals surface area contributed by atoms with Gasteiger partial charge in [-0.1, -0.05) is 74.2 Å². The molecule has 3 aromatic rings. The highest BCUT2D eigenvalue weighted by molar-refractivity contribution is 8.00. The lowest BCUT2D eigenvalue weighted by Gasteiger charge is -2.31. The van der Waals surface area contributed by atoms with Gasteiger partial charge in [0.15, 0.2) is 0 Å². The molecule has 232 valence electrons. The molecule has 2 saturated heterocycles. The average Bonchev–Trinajstić information content (AvgIpc) is 3.43. The Hall–Kier alpha value is -3.42. The fourth-order valence-corrected chi connectivity index (χ4v) is 8.70. The highest BCUT2D eigenvalue weighted by Crippen LogP contribution is 2.54. The lowest BCUT2D eigenvalue weighted by atomic mass is 9.81. The van der Waals surface area contributed by atoms with Crippen molar-refractivity contribution in [3.63, 3.8) is 0 Å². The maximum absolute atomic E-state index is 14.1. The molecular formula is C31H30F3N3O5S2. The van der Waals surface area contributed by atoms with Crippen molar-refractivity contribution in [3.8, 4) is 0 Å². The molecule has 1 aromatic heterocycles. The fraction of sp³-hybridized carbons (Fsp3) is 0.419. The van der Waals surface area contributed by atoms with Gasteiger partial charge in [-0.15, -0.1) is 0 Å². The number of hydrogen-bond donors (Lipinski definition) is 0. The molecule has 2 aromatic carbocycles. The Kier molecular flexibility index (Phi) is 7.78. The van der Waals surface area contributed by atoms with Crippen LogP contribution in [-0.2, 0) is 37.3 Å². The number of fused-ring (bicyclic) bond motifs is 2. The normalized spacial score (nSPS) is 22.3. The van der Waals surface area contributed by atoms with Crippen molar-refractivity contribution in [2.75, 3.05) is 31.2 Å². The maximum Gasteiger partial charge on any atom is 0.416 e. The number of amides is 3. The van der Waals surface area contributed by atoms with Gasteiger partial charge in [0, 0.05) is 23.9 Å². The van der Waals surface area contributed by atoms with Crippen molar-refractivity contribution < 1.29 is 32.3 Å². The van der Waals surface area contributed by atoms with Crippen LogP contribution in [0.2, 0.25) is 0 Å². The predicted octanol–water partition coefficient (Wildman–Crippen LogP) is 4.88. The number of imide groups is 1. The number of nitrogens with zero attached hydrogens (tertiary/aromatic N) is 3. The highest BCUT2D eigenvalue weighted by atomic mass is 32.2. The number of thiazole rings is 1. The zero-order valence-electron chi connectivity index (χ0n) is 24.2. The van der Waals surface area contributed by atoms with Crippen LogP contribution < -0.4 is 9.77 Å². The SMILES string of the molecule is CC(C)(C)c1ccc([C@@H]2c3sc(=O)n(CC(=O)N4CCOCC4)c3S[C@@H]3C(=O)N(c4cccc(C(F)(F)F)c4)C(=O)[C@H]23)cc1. The van der Waals surface area contributed by atoms with E-state index < -0.39 is 40.6 Å². The molecule has 13 heteroatoms. The Morgan fingerprint density at radius 2 is 1.64 bits per heavy atom. The van der Waals surface area contributed by atoms with Gasteiger partial charge in [0.2, 0.25) is 17.7 Å². The minimum Gasteiger partial charge on any atom is -0.378 e. The Balaban J connectivity index is 1.44. The third-order valence-electron chi connectivity index (χ3n) is 8.27. The second-order valence-electron chi connectivity index (χ2n) is 12.1.